The van der Waals surface area contributed by atoms with Crippen molar-refractivity contribution in [2.24, 2.45) is 0 Å². The minimum absolute atomic E-state index is 0.0394. The average Bonchev–Trinajstić information content (AvgIpc) is 3.62. The lowest BCUT2D eigenvalue weighted by atomic mass is 9.93. The third-order valence-electron chi connectivity index (χ3n) is 7.45. The van der Waals surface area contributed by atoms with E-state index < -0.39 is 17.7 Å². The van der Waals surface area contributed by atoms with Gasteiger partial charge >= 0.3 is 5.91 Å². The van der Waals surface area contributed by atoms with Crippen LogP contribution in [0.1, 0.15) is 39.4 Å². The number of aliphatic hydroxyl groups is 1. The van der Waals surface area contributed by atoms with Gasteiger partial charge in [-0.1, -0.05) is 101 Å². The fourth-order valence-electron chi connectivity index (χ4n) is 5.08. The zero-order chi connectivity index (χ0) is 31.5. The van der Waals surface area contributed by atoms with E-state index in [4.69, 9.17) is 4.74 Å². The highest BCUT2D eigenvalue weighted by molar-refractivity contribution is 8.00. The van der Waals surface area contributed by atoms with Crippen molar-refractivity contribution in [3.63, 3.8) is 0 Å². The number of carbonyl (C=O) groups excluding carboxylic acids is 2. The number of aryl methyl sites for hydroxylation is 2. The van der Waals surface area contributed by atoms with Crippen LogP contribution in [-0.4, -0.2) is 27.0 Å². The van der Waals surface area contributed by atoms with Crippen molar-refractivity contribution < 1.29 is 23.8 Å². The van der Waals surface area contributed by atoms with Gasteiger partial charge in [-0.25, -0.2) is 4.39 Å². The molecule has 1 aliphatic heterocycles. The molecule has 1 unspecified atom stereocenters. The molecule has 2 heterocycles. The number of amides is 1. The minimum atomic E-state index is -0.967. The molecule has 0 bridgehead atoms. The monoisotopic (exact) mass is 637 g/mol. The van der Waals surface area contributed by atoms with E-state index in [0.29, 0.717) is 39.1 Å². The third kappa shape index (κ3) is 6.38. The first-order chi connectivity index (χ1) is 21.8. The fourth-order valence-corrected chi connectivity index (χ4v) is 6.94. The Labute approximate surface area is 268 Å². The van der Waals surface area contributed by atoms with Gasteiger partial charge in [-0.15, -0.1) is 10.2 Å². The van der Waals surface area contributed by atoms with E-state index in [9.17, 15) is 19.1 Å². The van der Waals surface area contributed by atoms with Crippen LogP contribution >= 0.6 is 23.1 Å². The Bertz CT molecular complexity index is 1910. The van der Waals surface area contributed by atoms with E-state index in [2.05, 4.69) is 10.2 Å². The SMILES string of the molecule is Cc1ccc(C)c(C(O)=C2C(=O)C(=O)N(c3nnc(SCc4ccccc4F)s3)C2c2ccc(OCc3ccccc3)cc2)c1. The topological polar surface area (TPSA) is 92.6 Å². The second kappa shape index (κ2) is 13.1. The summed E-state index contributed by atoms with van der Waals surface area (Å²) in [6.45, 7) is 4.11. The summed E-state index contributed by atoms with van der Waals surface area (Å²) in [6, 6.07) is 27.9. The van der Waals surface area contributed by atoms with Crippen LogP contribution in [0.3, 0.4) is 0 Å². The lowest BCUT2D eigenvalue weighted by molar-refractivity contribution is -0.132. The van der Waals surface area contributed by atoms with Gasteiger partial charge < -0.3 is 9.84 Å². The number of aromatic nitrogens is 2. The van der Waals surface area contributed by atoms with Crippen LogP contribution < -0.4 is 9.64 Å². The molecule has 226 valence electrons. The average molecular weight is 638 g/mol. The van der Waals surface area contributed by atoms with Crippen LogP contribution in [0.2, 0.25) is 0 Å². The van der Waals surface area contributed by atoms with E-state index in [0.717, 1.165) is 28.0 Å². The number of hydrogen-bond acceptors (Lipinski definition) is 8. The number of aliphatic hydroxyl groups excluding tert-OH is 1. The Morgan fingerprint density at radius 2 is 1.69 bits per heavy atom. The van der Waals surface area contributed by atoms with Crippen LogP contribution in [0, 0.1) is 19.7 Å². The number of halogens is 1. The van der Waals surface area contributed by atoms with Crippen molar-refractivity contribution >= 4 is 45.7 Å². The van der Waals surface area contributed by atoms with Crippen LogP contribution in [0.4, 0.5) is 9.52 Å². The summed E-state index contributed by atoms with van der Waals surface area (Å²) in [7, 11) is 0. The zero-order valence-electron chi connectivity index (χ0n) is 24.4. The molecule has 1 N–H and O–H groups in total. The number of rotatable bonds is 9. The highest BCUT2D eigenvalue weighted by Gasteiger charge is 2.48. The van der Waals surface area contributed by atoms with Gasteiger partial charge in [-0.3, -0.25) is 14.5 Å². The van der Waals surface area contributed by atoms with Crippen LogP contribution in [0.5, 0.6) is 5.75 Å². The molecular weight excluding hydrogens is 610 g/mol. The van der Waals surface area contributed by atoms with Crippen LogP contribution in [0.25, 0.3) is 5.76 Å². The normalized spacial score (nSPS) is 15.9. The Kier molecular flexibility index (Phi) is 8.77. The molecule has 1 fully saturated rings. The summed E-state index contributed by atoms with van der Waals surface area (Å²) in [6.07, 6.45) is 0. The number of anilines is 1. The fraction of sp³-hybridized carbons (Fsp3) is 0.143. The predicted molar refractivity (Wildman–Crippen MR) is 174 cm³/mol. The van der Waals surface area contributed by atoms with E-state index in [1.54, 1.807) is 48.5 Å². The summed E-state index contributed by atoms with van der Waals surface area (Å²) in [5, 5.41) is 20.3. The van der Waals surface area contributed by atoms with Gasteiger partial charge in [-0.2, -0.15) is 0 Å². The number of benzene rings is 4. The van der Waals surface area contributed by atoms with Crippen molar-refractivity contribution in [2.75, 3.05) is 4.90 Å². The van der Waals surface area contributed by atoms with Gasteiger partial charge in [0.2, 0.25) is 5.13 Å². The first kappa shape index (κ1) is 30.2. The van der Waals surface area contributed by atoms with E-state index >= 15 is 0 Å². The largest absolute Gasteiger partial charge is 0.507 e. The Hall–Kier alpha value is -4.80. The molecule has 1 atom stereocenters. The lowest BCUT2D eigenvalue weighted by Gasteiger charge is -2.23. The van der Waals surface area contributed by atoms with Gasteiger partial charge in [0.05, 0.1) is 11.6 Å². The number of ketones is 1. The molecule has 5 aromatic rings. The summed E-state index contributed by atoms with van der Waals surface area (Å²) in [5.41, 5.74) is 4.21. The van der Waals surface area contributed by atoms with Crippen molar-refractivity contribution in [3.8, 4) is 5.75 Å². The smallest absolute Gasteiger partial charge is 0.301 e. The molecule has 6 rings (SSSR count). The first-order valence-corrected chi connectivity index (χ1v) is 16.0. The number of nitrogens with zero attached hydrogens (tertiary/aromatic N) is 3. The first-order valence-electron chi connectivity index (χ1n) is 14.1. The van der Waals surface area contributed by atoms with Crippen LogP contribution in [0.15, 0.2) is 107 Å². The summed E-state index contributed by atoms with van der Waals surface area (Å²) >= 11 is 2.41. The summed E-state index contributed by atoms with van der Waals surface area (Å²) in [5.74, 6) is -1.29. The number of Topliss-reactive ketones (excluding diaryl/α,β-unsaturated/α-hetero) is 1. The maximum Gasteiger partial charge on any atom is 0.301 e. The van der Waals surface area contributed by atoms with Crippen molar-refractivity contribution in [3.05, 3.63) is 142 Å². The molecule has 1 aromatic heterocycles. The maximum absolute atomic E-state index is 14.2. The minimum Gasteiger partial charge on any atom is -0.507 e. The molecule has 1 aliphatic rings. The van der Waals surface area contributed by atoms with Gasteiger partial charge in [0.1, 0.15) is 23.9 Å². The second-order valence-corrected chi connectivity index (χ2v) is 12.7. The molecule has 0 aliphatic carbocycles. The Morgan fingerprint density at radius 3 is 2.44 bits per heavy atom. The van der Waals surface area contributed by atoms with Gasteiger partial charge in [-0.05, 0) is 60.4 Å². The molecule has 45 heavy (non-hydrogen) atoms. The van der Waals surface area contributed by atoms with Crippen molar-refractivity contribution in [1.82, 2.24) is 10.2 Å². The Balaban J connectivity index is 1.36. The molecule has 1 amide bonds. The van der Waals surface area contributed by atoms with Crippen molar-refractivity contribution in [2.45, 2.75) is 36.6 Å². The third-order valence-corrected chi connectivity index (χ3v) is 9.55. The highest BCUT2D eigenvalue weighted by Crippen LogP contribution is 2.44. The number of thioether (sulfide) groups is 1. The van der Waals surface area contributed by atoms with Gasteiger partial charge in [0.15, 0.2) is 4.34 Å². The summed E-state index contributed by atoms with van der Waals surface area (Å²) in [4.78, 5) is 28.6. The molecule has 1 saturated heterocycles. The molecule has 0 saturated carbocycles. The van der Waals surface area contributed by atoms with E-state index in [1.165, 1.54) is 22.7 Å². The lowest BCUT2D eigenvalue weighted by Crippen LogP contribution is -2.29. The zero-order valence-corrected chi connectivity index (χ0v) is 26.1. The number of hydrogen-bond donors (Lipinski definition) is 1. The number of ether oxygens (including phenoxy) is 1. The molecule has 10 heteroatoms. The standard InChI is InChI=1S/C35H28FN3O4S2/c1-21-12-13-22(2)27(18-21)31(40)29-30(24-14-16-26(17-15-24)43-19-23-8-4-3-5-9-23)39(33(42)32(29)41)34-37-38-35(45-34)44-20-25-10-6-7-11-28(25)36/h3-18,30,40H,19-20H2,1-2H3. The summed E-state index contributed by atoms with van der Waals surface area (Å²) < 4.78 is 20.6. The molecule has 0 radical (unpaired) electrons. The van der Waals surface area contributed by atoms with E-state index in [1.807, 2.05) is 56.3 Å². The van der Waals surface area contributed by atoms with Gasteiger partial charge in [0, 0.05) is 11.3 Å². The Morgan fingerprint density at radius 1 is 0.956 bits per heavy atom. The molecule has 0 spiro atoms. The highest BCUT2D eigenvalue weighted by atomic mass is 32.2. The molecule has 7 nitrogen and oxygen atoms in total. The van der Waals surface area contributed by atoms with Crippen molar-refractivity contribution in [1.29, 1.82) is 0 Å². The van der Waals surface area contributed by atoms with E-state index in [-0.39, 0.29) is 22.3 Å². The van der Waals surface area contributed by atoms with Gasteiger partial charge in [0.25, 0.3) is 5.78 Å². The number of carbonyl (C=O) groups is 2. The molecular formula is C35H28FN3O4S2. The van der Waals surface area contributed by atoms with Crippen LogP contribution in [-0.2, 0) is 21.9 Å². The second-order valence-electron chi connectivity index (χ2n) is 10.6. The predicted octanol–water partition coefficient (Wildman–Crippen LogP) is 7.79. The quantitative estimate of drug-likeness (QED) is 0.0580. The maximum atomic E-state index is 14.2. The molecule has 4 aromatic carbocycles.